The largest absolute Gasteiger partial charge is 0.356 e. The first kappa shape index (κ1) is 18.7. The van der Waals surface area contributed by atoms with E-state index in [0.717, 1.165) is 25.8 Å². The summed E-state index contributed by atoms with van der Waals surface area (Å²) in [5, 5.41) is 3.14. The van der Waals surface area contributed by atoms with Crippen molar-refractivity contribution >= 4 is 18.3 Å². The average Bonchev–Trinajstić information content (AvgIpc) is 2.79. The molecule has 114 valence electrons. The Hall–Kier alpha value is -0.280. The molecule has 0 aliphatic heterocycles. The molecule has 0 aromatic heterocycles. The van der Waals surface area contributed by atoms with Crippen LogP contribution in [0.1, 0.15) is 65.2 Å². The summed E-state index contributed by atoms with van der Waals surface area (Å²) >= 11 is 0. The minimum absolute atomic E-state index is 0. The molecule has 0 heterocycles. The Morgan fingerprint density at radius 3 is 2.53 bits per heavy atom. The molecule has 3 unspecified atom stereocenters. The van der Waals surface area contributed by atoms with Crippen LogP contribution in [-0.4, -0.2) is 18.5 Å². The summed E-state index contributed by atoms with van der Waals surface area (Å²) in [6.45, 7) is 5.30. The zero-order valence-corrected chi connectivity index (χ0v) is 13.3. The SMILES string of the molecule is CCCCC(CCC)CNC(=O)C1CCC(N)C1.Cl. The van der Waals surface area contributed by atoms with E-state index in [1.165, 1.54) is 32.1 Å². The number of carbonyl (C=O) groups is 1. The standard InChI is InChI=1S/C15H30N2O.ClH/c1-3-5-7-12(6-4-2)11-17-15(18)13-8-9-14(16)10-13;/h12-14H,3-11,16H2,1-2H3,(H,17,18);1H. The zero-order valence-electron chi connectivity index (χ0n) is 12.5. The molecule has 0 spiro atoms. The molecule has 3 nitrogen and oxygen atoms in total. The van der Waals surface area contributed by atoms with Crippen LogP contribution in [0.3, 0.4) is 0 Å². The van der Waals surface area contributed by atoms with E-state index in [9.17, 15) is 4.79 Å². The van der Waals surface area contributed by atoms with Crippen LogP contribution in [0, 0.1) is 11.8 Å². The van der Waals surface area contributed by atoms with Crippen molar-refractivity contribution in [3.63, 3.8) is 0 Å². The number of amides is 1. The Labute approximate surface area is 124 Å². The van der Waals surface area contributed by atoms with Gasteiger partial charge in [0.05, 0.1) is 0 Å². The van der Waals surface area contributed by atoms with Crippen molar-refractivity contribution in [2.45, 2.75) is 71.3 Å². The molecule has 1 aliphatic rings. The molecule has 0 saturated heterocycles. The van der Waals surface area contributed by atoms with Gasteiger partial charge in [-0.3, -0.25) is 4.79 Å². The lowest BCUT2D eigenvalue weighted by atomic mass is 9.96. The summed E-state index contributed by atoms with van der Waals surface area (Å²) in [6.07, 6.45) is 9.05. The summed E-state index contributed by atoms with van der Waals surface area (Å²) < 4.78 is 0. The fourth-order valence-electron chi connectivity index (χ4n) is 2.89. The van der Waals surface area contributed by atoms with E-state index in [4.69, 9.17) is 5.73 Å². The highest BCUT2D eigenvalue weighted by Gasteiger charge is 2.27. The average molecular weight is 291 g/mol. The highest BCUT2D eigenvalue weighted by Crippen LogP contribution is 2.24. The number of rotatable bonds is 8. The van der Waals surface area contributed by atoms with Crippen LogP contribution in [0.15, 0.2) is 0 Å². The molecular formula is C15H31ClN2O. The molecule has 1 saturated carbocycles. The van der Waals surface area contributed by atoms with Crippen LogP contribution in [0.4, 0.5) is 0 Å². The fourth-order valence-corrected chi connectivity index (χ4v) is 2.89. The predicted octanol–water partition coefficient (Wildman–Crippen LogP) is 3.26. The van der Waals surface area contributed by atoms with Crippen LogP contribution in [-0.2, 0) is 4.79 Å². The van der Waals surface area contributed by atoms with Gasteiger partial charge in [0.25, 0.3) is 0 Å². The Bertz CT molecular complexity index is 248. The molecule has 0 bridgehead atoms. The first-order chi connectivity index (χ1) is 8.67. The Balaban J connectivity index is 0.00000324. The number of hydrogen-bond donors (Lipinski definition) is 2. The van der Waals surface area contributed by atoms with Crippen LogP contribution in [0.2, 0.25) is 0 Å². The van der Waals surface area contributed by atoms with Gasteiger partial charge in [-0.1, -0.05) is 33.1 Å². The first-order valence-electron chi connectivity index (χ1n) is 7.70. The third kappa shape index (κ3) is 7.17. The van der Waals surface area contributed by atoms with Crippen molar-refractivity contribution < 1.29 is 4.79 Å². The van der Waals surface area contributed by atoms with Crippen LogP contribution < -0.4 is 11.1 Å². The molecular weight excluding hydrogens is 260 g/mol. The normalized spacial score (nSPS) is 23.7. The zero-order chi connectivity index (χ0) is 13.4. The third-order valence-corrected chi connectivity index (χ3v) is 4.07. The first-order valence-corrected chi connectivity index (χ1v) is 7.70. The predicted molar refractivity (Wildman–Crippen MR) is 83.5 cm³/mol. The number of unbranched alkanes of at least 4 members (excludes halogenated alkanes) is 1. The second-order valence-electron chi connectivity index (χ2n) is 5.81. The van der Waals surface area contributed by atoms with Gasteiger partial charge in [-0.25, -0.2) is 0 Å². The Kier molecular flexibility index (Phi) is 10.3. The van der Waals surface area contributed by atoms with Crippen LogP contribution in [0.5, 0.6) is 0 Å². The van der Waals surface area contributed by atoms with Gasteiger partial charge in [0.1, 0.15) is 0 Å². The topological polar surface area (TPSA) is 55.1 Å². The van der Waals surface area contributed by atoms with Gasteiger partial charge in [0, 0.05) is 18.5 Å². The molecule has 19 heavy (non-hydrogen) atoms. The summed E-state index contributed by atoms with van der Waals surface area (Å²) in [5.74, 6) is 1.07. The Morgan fingerprint density at radius 1 is 1.26 bits per heavy atom. The molecule has 1 fully saturated rings. The molecule has 1 rings (SSSR count). The van der Waals surface area contributed by atoms with Crippen molar-refractivity contribution in [3.8, 4) is 0 Å². The number of carbonyl (C=O) groups excluding carboxylic acids is 1. The van der Waals surface area contributed by atoms with Crippen molar-refractivity contribution in [2.75, 3.05) is 6.54 Å². The van der Waals surface area contributed by atoms with E-state index in [1.54, 1.807) is 0 Å². The van der Waals surface area contributed by atoms with Crippen LogP contribution >= 0.6 is 12.4 Å². The monoisotopic (exact) mass is 290 g/mol. The second-order valence-corrected chi connectivity index (χ2v) is 5.81. The van der Waals surface area contributed by atoms with Gasteiger partial charge in [-0.2, -0.15) is 0 Å². The van der Waals surface area contributed by atoms with Gasteiger partial charge < -0.3 is 11.1 Å². The summed E-state index contributed by atoms with van der Waals surface area (Å²) in [7, 11) is 0. The van der Waals surface area contributed by atoms with Gasteiger partial charge in [0.15, 0.2) is 0 Å². The third-order valence-electron chi connectivity index (χ3n) is 4.07. The maximum atomic E-state index is 12.0. The molecule has 4 heteroatoms. The van der Waals surface area contributed by atoms with Crippen molar-refractivity contribution in [1.82, 2.24) is 5.32 Å². The highest BCUT2D eigenvalue weighted by atomic mass is 35.5. The maximum absolute atomic E-state index is 12.0. The number of nitrogens with two attached hydrogens (primary N) is 1. The highest BCUT2D eigenvalue weighted by molar-refractivity contribution is 5.85. The molecule has 1 amide bonds. The lowest BCUT2D eigenvalue weighted by molar-refractivity contribution is -0.125. The lowest BCUT2D eigenvalue weighted by Crippen LogP contribution is -2.34. The molecule has 3 atom stereocenters. The van der Waals surface area contributed by atoms with Crippen molar-refractivity contribution in [2.24, 2.45) is 17.6 Å². The summed E-state index contributed by atoms with van der Waals surface area (Å²) in [6, 6.07) is 0.243. The van der Waals surface area contributed by atoms with E-state index in [1.807, 2.05) is 0 Å². The maximum Gasteiger partial charge on any atom is 0.223 e. The molecule has 3 N–H and O–H groups in total. The molecule has 0 radical (unpaired) electrons. The van der Waals surface area contributed by atoms with Gasteiger partial charge in [-0.15, -0.1) is 12.4 Å². The minimum atomic E-state index is 0. The van der Waals surface area contributed by atoms with Crippen molar-refractivity contribution in [3.05, 3.63) is 0 Å². The molecule has 0 aromatic carbocycles. The van der Waals surface area contributed by atoms with E-state index in [-0.39, 0.29) is 30.3 Å². The van der Waals surface area contributed by atoms with Crippen LogP contribution in [0.25, 0.3) is 0 Å². The van der Waals surface area contributed by atoms with E-state index in [0.29, 0.717) is 5.92 Å². The number of nitrogens with one attached hydrogen (secondary N) is 1. The quantitative estimate of drug-likeness (QED) is 0.721. The van der Waals surface area contributed by atoms with Gasteiger partial charge in [0.2, 0.25) is 5.91 Å². The lowest BCUT2D eigenvalue weighted by Gasteiger charge is -2.18. The smallest absolute Gasteiger partial charge is 0.223 e. The number of halogens is 1. The van der Waals surface area contributed by atoms with E-state index < -0.39 is 0 Å². The van der Waals surface area contributed by atoms with Gasteiger partial charge in [-0.05, 0) is 38.0 Å². The summed E-state index contributed by atoms with van der Waals surface area (Å²) in [5.41, 5.74) is 5.85. The second kappa shape index (κ2) is 10.5. The van der Waals surface area contributed by atoms with E-state index in [2.05, 4.69) is 19.2 Å². The van der Waals surface area contributed by atoms with Gasteiger partial charge >= 0.3 is 0 Å². The molecule has 0 aromatic rings. The minimum Gasteiger partial charge on any atom is -0.356 e. The van der Waals surface area contributed by atoms with Crippen molar-refractivity contribution in [1.29, 1.82) is 0 Å². The summed E-state index contributed by atoms with van der Waals surface area (Å²) in [4.78, 5) is 12.0. The Morgan fingerprint density at radius 2 is 2.00 bits per heavy atom. The fraction of sp³-hybridized carbons (Fsp3) is 0.933. The number of hydrogen-bond acceptors (Lipinski definition) is 2. The molecule has 1 aliphatic carbocycles. The van der Waals surface area contributed by atoms with E-state index >= 15 is 0 Å².